The average molecular weight is 360 g/mol. The van der Waals surface area contributed by atoms with Gasteiger partial charge in [-0.2, -0.15) is 10.1 Å². The van der Waals surface area contributed by atoms with E-state index in [4.69, 9.17) is 0 Å². The van der Waals surface area contributed by atoms with Gasteiger partial charge in [-0.1, -0.05) is 0 Å². The van der Waals surface area contributed by atoms with Gasteiger partial charge >= 0.3 is 0 Å². The van der Waals surface area contributed by atoms with Crippen LogP contribution in [0.5, 0.6) is 0 Å². The molecule has 0 unspecified atom stereocenters. The average Bonchev–Trinajstić information content (AvgIpc) is 3.22. The minimum Gasteiger partial charge on any atom is -0.361 e. The van der Waals surface area contributed by atoms with E-state index in [9.17, 15) is 0 Å². The van der Waals surface area contributed by atoms with E-state index in [2.05, 4.69) is 40.8 Å². The number of aromatic nitrogens is 6. The van der Waals surface area contributed by atoms with Gasteiger partial charge in [-0.25, -0.2) is 4.98 Å². The Morgan fingerprint density at radius 2 is 2.00 bits per heavy atom. The number of hydrogen-bond acceptors (Lipinski definition) is 6. The molecule has 4 aromatic rings. The number of nitrogens with one attached hydrogen (secondary N) is 4. The van der Waals surface area contributed by atoms with Gasteiger partial charge in [0.25, 0.3) is 0 Å². The lowest BCUT2D eigenvalue weighted by Crippen LogP contribution is -2.11. The third-order valence-electron chi connectivity index (χ3n) is 4.79. The first-order valence-electron chi connectivity index (χ1n) is 9.10. The van der Waals surface area contributed by atoms with Crippen LogP contribution in [0.1, 0.15) is 43.1 Å². The molecule has 4 N–H and O–H groups in total. The van der Waals surface area contributed by atoms with Gasteiger partial charge in [0.1, 0.15) is 5.82 Å². The van der Waals surface area contributed by atoms with E-state index in [1.54, 1.807) is 12.4 Å². The molecule has 1 fully saturated rings. The number of anilines is 3. The van der Waals surface area contributed by atoms with Gasteiger partial charge in [0.05, 0.1) is 11.7 Å². The normalized spacial score (nSPS) is 15.0. The maximum absolute atomic E-state index is 4.55. The largest absolute Gasteiger partial charge is 0.361 e. The van der Waals surface area contributed by atoms with Crippen molar-refractivity contribution in [3.8, 4) is 0 Å². The summed E-state index contributed by atoms with van der Waals surface area (Å²) in [4.78, 5) is 16.6. The Hall–Kier alpha value is -3.42. The van der Waals surface area contributed by atoms with Crippen LogP contribution in [0.25, 0.3) is 10.9 Å². The highest BCUT2D eigenvalue weighted by atomic mass is 15.2. The zero-order valence-corrected chi connectivity index (χ0v) is 14.9. The van der Waals surface area contributed by atoms with Crippen LogP contribution in [0.15, 0.2) is 42.9 Å². The zero-order chi connectivity index (χ0) is 18.2. The molecule has 0 aliphatic heterocycles. The third-order valence-corrected chi connectivity index (χ3v) is 4.79. The van der Waals surface area contributed by atoms with Crippen molar-refractivity contribution < 1.29 is 0 Å². The molecule has 0 saturated heterocycles. The molecule has 5 rings (SSSR count). The lowest BCUT2D eigenvalue weighted by Gasteiger charge is -2.14. The molecular formula is C19H20N8. The van der Waals surface area contributed by atoms with Crippen LogP contribution < -0.4 is 10.6 Å². The van der Waals surface area contributed by atoms with E-state index >= 15 is 0 Å². The molecule has 1 aliphatic rings. The van der Waals surface area contributed by atoms with Gasteiger partial charge in [0, 0.05) is 47.2 Å². The summed E-state index contributed by atoms with van der Waals surface area (Å²) in [6.45, 7) is 2.05. The minimum atomic E-state index is -0.0356. The maximum Gasteiger partial charge on any atom is 0.225 e. The maximum atomic E-state index is 4.55. The molecule has 0 radical (unpaired) electrons. The Labute approximate surface area is 155 Å². The van der Waals surface area contributed by atoms with Gasteiger partial charge in [0.2, 0.25) is 5.95 Å². The summed E-state index contributed by atoms with van der Waals surface area (Å²) in [5.74, 6) is 2.65. The van der Waals surface area contributed by atoms with Crippen LogP contribution in [0, 0.1) is 0 Å². The molecule has 0 aromatic carbocycles. The molecular weight excluding hydrogens is 340 g/mol. The monoisotopic (exact) mass is 360 g/mol. The summed E-state index contributed by atoms with van der Waals surface area (Å²) in [7, 11) is 0. The first-order chi connectivity index (χ1) is 13.3. The van der Waals surface area contributed by atoms with Crippen LogP contribution in [0.2, 0.25) is 0 Å². The van der Waals surface area contributed by atoms with Crippen molar-refractivity contribution in [2.75, 3.05) is 10.6 Å². The Morgan fingerprint density at radius 3 is 2.89 bits per heavy atom. The molecule has 4 heterocycles. The predicted molar refractivity (Wildman–Crippen MR) is 104 cm³/mol. The molecule has 0 bridgehead atoms. The van der Waals surface area contributed by atoms with Crippen LogP contribution in [-0.2, 0) is 0 Å². The number of pyridine rings is 1. The Bertz CT molecular complexity index is 1080. The summed E-state index contributed by atoms with van der Waals surface area (Å²) >= 11 is 0. The van der Waals surface area contributed by atoms with Crippen LogP contribution in [0.3, 0.4) is 0 Å². The summed E-state index contributed by atoms with van der Waals surface area (Å²) in [5.41, 5.74) is 3.20. The molecule has 1 atom stereocenters. The Kier molecular flexibility index (Phi) is 3.74. The molecule has 27 heavy (non-hydrogen) atoms. The van der Waals surface area contributed by atoms with Gasteiger partial charge in [-0.3, -0.25) is 10.1 Å². The first kappa shape index (κ1) is 15.8. The highest BCUT2D eigenvalue weighted by Crippen LogP contribution is 2.39. The smallest absolute Gasteiger partial charge is 0.225 e. The number of aromatic amines is 2. The molecule has 136 valence electrons. The van der Waals surface area contributed by atoms with Crippen molar-refractivity contribution in [3.63, 3.8) is 0 Å². The van der Waals surface area contributed by atoms with Gasteiger partial charge in [0.15, 0.2) is 5.82 Å². The number of nitrogens with zero attached hydrogens (tertiary/aromatic N) is 4. The van der Waals surface area contributed by atoms with E-state index in [1.165, 1.54) is 18.5 Å². The van der Waals surface area contributed by atoms with Crippen molar-refractivity contribution in [1.29, 1.82) is 0 Å². The zero-order valence-electron chi connectivity index (χ0n) is 14.9. The minimum absolute atomic E-state index is 0.0356. The number of fused-ring (bicyclic) bond motifs is 1. The van der Waals surface area contributed by atoms with Crippen molar-refractivity contribution in [2.24, 2.45) is 0 Å². The molecule has 0 amide bonds. The highest BCUT2D eigenvalue weighted by Gasteiger charge is 2.25. The standard InChI is InChI=1S/C19H20N8/c1-11(18-13-4-7-20-14(13)5-8-21-18)23-19-22-9-6-16(25-19)24-17-10-15(26-27-17)12-2-3-12/h4-12,20H,2-3H2,1H3,(H3,22,23,24,25,26,27)/t11-/m0/s1. The van der Waals surface area contributed by atoms with Crippen molar-refractivity contribution in [1.82, 2.24) is 30.1 Å². The fraction of sp³-hybridized carbons (Fsp3) is 0.263. The third kappa shape index (κ3) is 3.21. The second-order valence-corrected chi connectivity index (χ2v) is 6.87. The van der Waals surface area contributed by atoms with Crippen molar-refractivity contribution >= 4 is 28.5 Å². The Balaban J connectivity index is 1.33. The van der Waals surface area contributed by atoms with Crippen LogP contribution >= 0.6 is 0 Å². The second-order valence-electron chi connectivity index (χ2n) is 6.87. The summed E-state index contributed by atoms with van der Waals surface area (Å²) in [6.07, 6.45) is 7.93. The predicted octanol–water partition coefficient (Wildman–Crippen LogP) is 3.87. The molecule has 1 aliphatic carbocycles. The summed E-state index contributed by atoms with van der Waals surface area (Å²) in [5, 5.41) is 15.1. The second kappa shape index (κ2) is 6.39. The molecule has 8 heteroatoms. The van der Waals surface area contributed by atoms with Crippen LogP contribution in [0.4, 0.5) is 17.6 Å². The molecule has 0 spiro atoms. The van der Waals surface area contributed by atoms with Gasteiger partial charge in [-0.15, -0.1) is 0 Å². The fourth-order valence-electron chi connectivity index (χ4n) is 3.25. The quantitative estimate of drug-likeness (QED) is 0.416. The lowest BCUT2D eigenvalue weighted by molar-refractivity contribution is 0.833. The highest BCUT2D eigenvalue weighted by molar-refractivity contribution is 5.82. The van der Waals surface area contributed by atoms with Crippen molar-refractivity contribution in [2.45, 2.75) is 31.7 Å². The van der Waals surface area contributed by atoms with E-state index < -0.39 is 0 Å². The SMILES string of the molecule is C[C@H](Nc1nccc(Nc2cc(C3CC3)[nH]n2)n1)c1nccc2[nH]ccc12. The summed E-state index contributed by atoms with van der Waals surface area (Å²) < 4.78 is 0. The Morgan fingerprint density at radius 1 is 1.11 bits per heavy atom. The number of rotatable bonds is 6. The molecule has 4 aromatic heterocycles. The van der Waals surface area contributed by atoms with Gasteiger partial charge in [-0.05, 0) is 38.0 Å². The van der Waals surface area contributed by atoms with E-state index in [-0.39, 0.29) is 6.04 Å². The number of H-pyrrole nitrogens is 2. The van der Waals surface area contributed by atoms with E-state index in [0.717, 1.165) is 22.4 Å². The number of hydrogen-bond donors (Lipinski definition) is 4. The van der Waals surface area contributed by atoms with E-state index in [1.807, 2.05) is 37.4 Å². The first-order valence-corrected chi connectivity index (χ1v) is 9.10. The lowest BCUT2D eigenvalue weighted by atomic mass is 10.1. The fourth-order valence-corrected chi connectivity index (χ4v) is 3.25. The molecule has 8 nitrogen and oxygen atoms in total. The topological polar surface area (TPSA) is 107 Å². The van der Waals surface area contributed by atoms with Crippen molar-refractivity contribution in [3.05, 3.63) is 54.2 Å². The van der Waals surface area contributed by atoms with E-state index in [0.29, 0.717) is 17.7 Å². The summed E-state index contributed by atoms with van der Waals surface area (Å²) in [6, 6.07) is 7.83. The van der Waals surface area contributed by atoms with Crippen LogP contribution in [-0.4, -0.2) is 30.1 Å². The molecule has 1 saturated carbocycles. The van der Waals surface area contributed by atoms with Gasteiger partial charge < -0.3 is 15.6 Å².